The summed E-state index contributed by atoms with van der Waals surface area (Å²) in [6, 6.07) is 0.603. The first-order chi connectivity index (χ1) is 7.83. The van der Waals surface area contributed by atoms with Crippen LogP contribution in [-0.4, -0.2) is 52.2 Å². The van der Waals surface area contributed by atoms with E-state index in [2.05, 4.69) is 12.2 Å². The lowest BCUT2D eigenvalue weighted by molar-refractivity contribution is 0.0115. The molecule has 0 radical (unpaired) electrons. The van der Waals surface area contributed by atoms with Crippen molar-refractivity contribution in [1.29, 1.82) is 0 Å². The van der Waals surface area contributed by atoms with E-state index in [0.29, 0.717) is 12.1 Å². The van der Waals surface area contributed by atoms with E-state index < -0.39 is 0 Å². The van der Waals surface area contributed by atoms with Crippen LogP contribution in [0.4, 0.5) is 0 Å². The summed E-state index contributed by atoms with van der Waals surface area (Å²) in [5.41, 5.74) is 0. The monoisotopic (exact) mass is 231 g/mol. The van der Waals surface area contributed by atoms with Gasteiger partial charge in [0.2, 0.25) is 0 Å². The predicted octanol–water partition coefficient (Wildman–Crippen LogP) is 1.20. The molecule has 0 bridgehead atoms. The quantitative estimate of drug-likeness (QED) is 0.637. The molecule has 16 heavy (non-hydrogen) atoms. The first-order valence-corrected chi connectivity index (χ1v) is 6.24. The fourth-order valence-electron chi connectivity index (χ4n) is 1.93. The van der Waals surface area contributed by atoms with Gasteiger partial charge < -0.3 is 19.5 Å². The number of ether oxygens (including phenoxy) is 3. The second-order valence-corrected chi connectivity index (χ2v) is 4.32. The van der Waals surface area contributed by atoms with Gasteiger partial charge in [-0.2, -0.15) is 0 Å². The van der Waals surface area contributed by atoms with Gasteiger partial charge in [-0.15, -0.1) is 0 Å². The molecular weight excluding hydrogens is 206 g/mol. The number of rotatable bonds is 8. The zero-order valence-electron chi connectivity index (χ0n) is 10.5. The normalized spacial score (nSPS) is 25.9. The molecule has 0 aromatic rings. The molecular formula is C12H25NO3. The van der Waals surface area contributed by atoms with Gasteiger partial charge >= 0.3 is 0 Å². The first kappa shape index (κ1) is 13.9. The lowest BCUT2D eigenvalue weighted by Gasteiger charge is -2.28. The van der Waals surface area contributed by atoms with Crippen LogP contribution in [0.15, 0.2) is 0 Å². The Balaban J connectivity index is 1.86. The highest BCUT2D eigenvalue weighted by Crippen LogP contribution is 2.12. The summed E-state index contributed by atoms with van der Waals surface area (Å²) < 4.78 is 15.9. The third-order valence-corrected chi connectivity index (χ3v) is 2.80. The average Bonchev–Trinajstić information content (AvgIpc) is 2.28. The van der Waals surface area contributed by atoms with E-state index in [0.717, 1.165) is 52.2 Å². The van der Waals surface area contributed by atoms with Crippen molar-refractivity contribution in [3.05, 3.63) is 0 Å². The summed E-state index contributed by atoms with van der Waals surface area (Å²) in [7, 11) is 1.72. The van der Waals surface area contributed by atoms with E-state index in [9.17, 15) is 0 Å². The van der Waals surface area contributed by atoms with E-state index >= 15 is 0 Å². The predicted molar refractivity (Wildman–Crippen MR) is 63.8 cm³/mol. The van der Waals surface area contributed by atoms with Gasteiger partial charge in [0.1, 0.15) is 0 Å². The Morgan fingerprint density at radius 1 is 1.31 bits per heavy atom. The highest BCUT2D eigenvalue weighted by atomic mass is 16.5. The Kier molecular flexibility index (Phi) is 7.76. The minimum Gasteiger partial charge on any atom is -0.385 e. The molecule has 1 saturated heterocycles. The molecule has 1 fully saturated rings. The molecule has 4 heteroatoms. The standard InChI is InChI=1S/C12H25NO3/c1-11-10-12(4-8-16-11)13-5-9-15-7-3-6-14-2/h11-13H,3-10H2,1-2H3. The van der Waals surface area contributed by atoms with E-state index in [1.807, 2.05) is 0 Å². The van der Waals surface area contributed by atoms with E-state index in [1.165, 1.54) is 0 Å². The maximum Gasteiger partial charge on any atom is 0.0591 e. The molecule has 4 nitrogen and oxygen atoms in total. The smallest absolute Gasteiger partial charge is 0.0591 e. The van der Waals surface area contributed by atoms with Crippen molar-refractivity contribution < 1.29 is 14.2 Å². The molecule has 1 rings (SSSR count). The van der Waals surface area contributed by atoms with Crippen LogP contribution < -0.4 is 5.32 Å². The molecule has 1 aliphatic heterocycles. The number of hydrogen-bond acceptors (Lipinski definition) is 4. The van der Waals surface area contributed by atoms with Gasteiger partial charge in [0.15, 0.2) is 0 Å². The molecule has 2 atom stereocenters. The average molecular weight is 231 g/mol. The topological polar surface area (TPSA) is 39.7 Å². The highest BCUT2D eigenvalue weighted by Gasteiger charge is 2.18. The second kappa shape index (κ2) is 8.93. The van der Waals surface area contributed by atoms with Crippen LogP contribution in [0.25, 0.3) is 0 Å². The van der Waals surface area contributed by atoms with Gasteiger partial charge in [0.05, 0.1) is 12.7 Å². The minimum absolute atomic E-state index is 0.397. The van der Waals surface area contributed by atoms with Crippen LogP contribution in [0.1, 0.15) is 26.2 Å². The summed E-state index contributed by atoms with van der Waals surface area (Å²) in [5, 5.41) is 3.51. The molecule has 0 amide bonds. The summed E-state index contributed by atoms with van der Waals surface area (Å²) in [5.74, 6) is 0. The lowest BCUT2D eigenvalue weighted by Crippen LogP contribution is -2.39. The highest BCUT2D eigenvalue weighted by molar-refractivity contribution is 4.74. The largest absolute Gasteiger partial charge is 0.385 e. The zero-order chi connectivity index (χ0) is 11.6. The Labute approximate surface area is 98.6 Å². The Bertz CT molecular complexity index is 166. The molecule has 1 aliphatic rings. The molecule has 0 spiro atoms. The van der Waals surface area contributed by atoms with Gasteiger partial charge in [-0.25, -0.2) is 0 Å². The Morgan fingerprint density at radius 2 is 2.19 bits per heavy atom. The van der Waals surface area contributed by atoms with Gasteiger partial charge in [-0.05, 0) is 26.2 Å². The number of methoxy groups -OCH3 is 1. The van der Waals surface area contributed by atoms with Gasteiger partial charge in [-0.3, -0.25) is 0 Å². The van der Waals surface area contributed by atoms with Gasteiger partial charge in [-0.1, -0.05) is 0 Å². The summed E-state index contributed by atoms with van der Waals surface area (Å²) in [6.45, 7) is 6.31. The van der Waals surface area contributed by atoms with Crippen LogP contribution in [-0.2, 0) is 14.2 Å². The van der Waals surface area contributed by atoms with E-state index in [-0.39, 0.29) is 0 Å². The second-order valence-electron chi connectivity index (χ2n) is 4.32. The van der Waals surface area contributed by atoms with Crippen molar-refractivity contribution in [3.8, 4) is 0 Å². The summed E-state index contributed by atoms with van der Waals surface area (Å²) >= 11 is 0. The van der Waals surface area contributed by atoms with Gasteiger partial charge in [0, 0.05) is 39.5 Å². The third kappa shape index (κ3) is 6.43. The van der Waals surface area contributed by atoms with Gasteiger partial charge in [0.25, 0.3) is 0 Å². The van der Waals surface area contributed by atoms with Crippen molar-refractivity contribution in [1.82, 2.24) is 5.32 Å². The van der Waals surface area contributed by atoms with E-state index in [4.69, 9.17) is 14.2 Å². The molecule has 96 valence electrons. The number of nitrogens with one attached hydrogen (secondary N) is 1. The maximum absolute atomic E-state index is 5.49. The Morgan fingerprint density at radius 3 is 2.94 bits per heavy atom. The SMILES string of the molecule is COCCCOCCNC1CCOC(C)C1. The fourth-order valence-corrected chi connectivity index (χ4v) is 1.93. The fraction of sp³-hybridized carbons (Fsp3) is 1.00. The first-order valence-electron chi connectivity index (χ1n) is 6.24. The summed E-state index contributed by atoms with van der Waals surface area (Å²) in [6.07, 6.45) is 3.61. The molecule has 1 N–H and O–H groups in total. The molecule has 0 aromatic heterocycles. The molecule has 0 saturated carbocycles. The van der Waals surface area contributed by atoms with Crippen LogP contribution in [0.5, 0.6) is 0 Å². The molecule has 2 unspecified atom stereocenters. The molecule has 1 heterocycles. The van der Waals surface area contributed by atoms with E-state index in [1.54, 1.807) is 7.11 Å². The van der Waals surface area contributed by atoms with Crippen molar-refractivity contribution in [2.24, 2.45) is 0 Å². The third-order valence-electron chi connectivity index (χ3n) is 2.80. The van der Waals surface area contributed by atoms with Crippen molar-refractivity contribution >= 4 is 0 Å². The summed E-state index contributed by atoms with van der Waals surface area (Å²) in [4.78, 5) is 0. The zero-order valence-corrected chi connectivity index (χ0v) is 10.5. The minimum atomic E-state index is 0.397. The van der Waals surface area contributed by atoms with Crippen LogP contribution in [0.3, 0.4) is 0 Å². The lowest BCUT2D eigenvalue weighted by atomic mass is 10.0. The van der Waals surface area contributed by atoms with Crippen molar-refractivity contribution in [2.75, 3.05) is 40.1 Å². The van der Waals surface area contributed by atoms with Crippen molar-refractivity contribution in [3.63, 3.8) is 0 Å². The van der Waals surface area contributed by atoms with Crippen molar-refractivity contribution in [2.45, 2.75) is 38.3 Å². The number of hydrogen-bond donors (Lipinski definition) is 1. The van der Waals surface area contributed by atoms with Crippen LogP contribution in [0.2, 0.25) is 0 Å². The van der Waals surface area contributed by atoms with Crippen LogP contribution in [0, 0.1) is 0 Å². The Hall–Kier alpha value is -0.160. The molecule has 0 aliphatic carbocycles. The molecule has 0 aromatic carbocycles. The maximum atomic E-state index is 5.49. The van der Waals surface area contributed by atoms with Crippen LogP contribution >= 0.6 is 0 Å².